The van der Waals surface area contributed by atoms with Crippen molar-refractivity contribution in [2.24, 2.45) is 0 Å². The quantitative estimate of drug-likeness (QED) is 0.265. The normalized spacial score (nSPS) is 13.2. The van der Waals surface area contributed by atoms with E-state index in [1.54, 1.807) is 31.2 Å². The topological polar surface area (TPSA) is 65.4 Å². The molecule has 0 aliphatic heterocycles. The first-order chi connectivity index (χ1) is 16.9. The summed E-state index contributed by atoms with van der Waals surface area (Å²) < 4.78 is 7.40. The molecule has 5 nitrogen and oxygen atoms in total. The van der Waals surface area contributed by atoms with Crippen molar-refractivity contribution in [3.05, 3.63) is 112 Å². The number of nitrogens with zero attached hydrogens (tertiary/aromatic N) is 1. The van der Waals surface area contributed by atoms with Crippen molar-refractivity contribution in [3.63, 3.8) is 0 Å². The van der Waals surface area contributed by atoms with Crippen LogP contribution in [0.3, 0.4) is 0 Å². The van der Waals surface area contributed by atoms with Crippen molar-refractivity contribution in [1.82, 2.24) is 4.57 Å². The van der Waals surface area contributed by atoms with Gasteiger partial charge in [-0.1, -0.05) is 72.3 Å². The van der Waals surface area contributed by atoms with Gasteiger partial charge in [0.05, 0.1) is 17.9 Å². The van der Waals surface area contributed by atoms with Crippen molar-refractivity contribution in [2.45, 2.75) is 26.7 Å². The molecule has 3 aromatic carbocycles. The van der Waals surface area contributed by atoms with Gasteiger partial charge in [0.2, 0.25) is 0 Å². The highest BCUT2D eigenvalue weighted by Crippen LogP contribution is 2.44. The molecule has 0 unspecified atom stereocenters. The third-order valence-corrected chi connectivity index (χ3v) is 6.54. The second kappa shape index (κ2) is 8.84. The number of aryl methyl sites for hydroxylation is 1. The lowest BCUT2D eigenvalue weighted by atomic mass is 9.88. The van der Waals surface area contributed by atoms with E-state index in [0.717, 1.165) is 16.8 Å². The van der Waals surface area contributed by atoms with E-state index in [-0.39, 0.29) is 23.7 Å². The second-order valence-electron chi connectivity index (χ2n) is 8.69. The Kier molecular flexibility index (Phi) is 5.69. The van der Waals surface area contributed by atoms with Gasteiger partial charge in [-0.15, -0.1) is 0 Å². The van der Waals surface area contributed by atoms with Crippen LogP contribution >= 0.6 is 0 Å². The van der Waals surface area contributed by atoms with E-state index in [1.165, 1.54) is 0 Å². The minimum absolute atomic E-state index is 0.181. The molecule has 0 amide bonds. The number of ketones is 2. The zero-order valence-corrected chi connectivity index (χ0v) is 19.9. The smallest absolute Gasteiger partial charge is 0.340 e. The van der Waals surface area contributed by atoms with Crippen LogP contribution in [0, 0.1) is 13.8 Å². The van der Waals surface area contributed by atoms with Crippen LogP contribution < -0.4 is 0 Å². The molecule has 5 heteroatoms. The summed E-state index contributed by atoms with van der Waals surface area (Å²) in [6.45, 7) is 5.76. The van der Waals surface area contributed by atoms with Crippen LogP contribution in [-0.2, 0) is 4.74 Å². The van der Waals surface area contributed by atoms with Crippen LogP contribution in [-0.4, -0.2) is 28.7 Å². The minimum atomic E-state index is -1.12. The van der Waals surface area contributed by atoms with Crippen molar-refractivity contribution >= 4 is 17.5 Å². The van der Waals surface area contributed by atoms with E-state index >= 15 is 0 Å². The number of hydrogen-bond donors (Lipinski definition) is 0. The minimum Gasteiger partial charge on any atom is -0.462 e. The van der Waals surface area contributed by atoms with Crippen molar-refractivity contribution < 1.29 is 19.1 Å². The number of esters is 1. The molecular formula is C30H25NO4. The lowest BCUT2D eigenvalue weighted by Gasteiger charge is -2.16. The Morgan fingerprint density at radius 3 is 1.97 bits per heavy atom. The van der Waals surface area contributed by atoms with Crippen LogP contribution in [0.2, 0.25) is 0 Å². The number of hydrogen-bond acceptors (Lipinski definition) is 4. The van der Waals surface area contributed by atoms with Gasteiger partial charge in [-0.05, 0) is 38.5 Å². The number of carbonyl (C=O) groups is 3. The summed E-state index contributed by atoms with van der Waals surface area (Å²) in [5, 5.41) is 0. The van der Waals surface area contributed by atoms with Gasteiger partial charge in [-0.25, -0.2) is 4.79 Å². The molecule has 0 saturated carbocycles. The van der Waals surface area contributed by atoms with Gasteiger partial charge >= 0.3 is 5.97 Å². The molecule has 0 radical (unpaired) electrons. The van der Waals surface area contributed by atoms with Crippen molar-refractivity contribution in [1.29, 1.82) is 0 Å². The predicted molar refractivity (Wildman–Crippen MR) is 134 cm³/mol. The van der Waals surface area contributed by atoms with E-state index in [1.807, 2.05) is 73.0 Å². The Morgan fingerprint density at radius 2 is 1.40 bits per heavy atom. The zero-order chi connectivity index (χ0) is 24.7. The average molecular weight is 464 g/mol. The number of carbonyl (C=O) groups excluding carboxylic acids is 3. The van der Waals surface area contributed by atoms with Gasteiger partial charge in [0.25, 0.3) is 0 Å². The molecular weight excluding hydrogens is 438 g/mol. The Hall–Kier alpha value is -4.25. The number of aromatic nitrogens is 1. The molecule has 0 saturated heterocycles. The number of benzene rings is 3. The monoisotopic (exact) mass is 463 g/mol. The van der Waals surface area contributed by atoms with Gasteiger partial charge in [0, 0.05) is 28.1 Å². The fourth-order valence-electron chi connectivity index (χ4n) is 4.96. The third-order valence-electron chi connectivity index (χ3n) is 6.54. The molecule has 0 fully saturated rings. The largest absolute Gasteiger partial charge is 0.462 e. The van der Waals surface area contributed by atoms with Gasteiger partial charge < -0.3 is 9.30 Å². The molecule has 0 N–H and O–H groups in total. The van der Waals surface area contributed by atoms with Crippen LogP contribution in [0.15, 0.2) is 78.9 Å². The van der Waals surface area contributed by atoms with Crippen molar-refractivity contribution in [2.75, 3.05) is 6.61 Å². The molecule has 4 aromatic rings. The summed E-state index contributed by atoms with van der Waals surface area (Å²) in [6, 6.07) is 24.3. The van der Waals surface area contributed by atoms with E-state index in [9.17, 15) is 14.4 Å². The molecule has 174 valence electrons. The maximum absolute atomic E-state index is 13.6. The molecule has 5 rings (SSSR count). The standard InChI is InChI=1S/C30H25NO4/c1-4-35-30(34)24-19(3)31(21-16-14-18(2)15-17-21)27(20-10-6-5-7-11-20)25(24)26-28(32)22-12-8-9-13-23(22)29(26)33/h5-17,26H,4H2,1-3H3. The fourth-order valence-corrected chi connectivity index (χ4v) is 4.96. The fraction of sp³-hybridized carbons (Fsp3) is 0.167. The summed E-state index contributed by atoms with van der Waals surface area (Å²) in [5.41, 5.74) is 5.45. The molecule has 1 aromatic heterocycles. The van der Waals surface area contributed by atoms with Gasteiger partial charge in [0.1, 0.15) is 5.92 Å². The summed E-state index contributed by atoms with van der Waals surface area (Å²) in [7, 11) is 0. The van der Waals surface area contributed by atoms with Gasteiger partial charge in [0.15, 0.2) is 11.6 Å². The number of fused-ring (bicyclic) bond motifs is 1. The highest BCUT2D eigenvalue weighted by molar-refractivity contribution is 6.30. The lowest BCUT2D eigenvalue weighted by Crippen LogP contribution is -2.18. The summed E-state index contributed by atoms with van der Waals surface area (Å²) in [6.07, 6.45) is 0. The van der Waals surface area contributed by atoms with Crippen molar-refractivity contribution in [3.8, 4) is 16.9 Å². The van der Waals surface area contributed by atoms with E-state index in [2.05, 4.69) is 0 Å². The zero-order valence-electron chi connectivity index (χ0n) is 19.9. The first-order valence-electron chi connectivity index (χ1n) is 11.7. The maximum atomic E-state index is 13.6. The molecule has 0 spiro atoms. The van der Waals surface area contributed by atoms with E-state index < -0.39 is 11.9 Å². The van der Waals surface area contributed by atoms with Crippen LogP contribution in [0.4, 0.5) is 0 Å². The van der Waals surface area contributed by atoms with Crippen LogP contribution in [0.25, 0.3) is 16.9 Å². The molecule has 1 heterocycles. The maximum Gasteiger partial charge on any atom is 0.340 e. The second-order valence-corrected chi connectivity index (χ2v) is 8.69. The summed E-state index contributed by atoms with van der Waals surface area (Å²) >= 11 is 0. The average Bonchev–Trinajstić information content (AvgIpc) is 3.30. The highest BCUT2D eigenvalue weighted by atomic mass is 16.5. The molecule has 0 bridgehead atoms. The molecule has 1 aliphatic rings. The number of ether oxygens (including phenoxy) is 1. The third kappa shape index (κ3) is 3.60. The highest BCUT2D eigenvalue weighted by Gasteiger charge is 2.45. The Balaban J connectivity index is 1.88. The SMILES string of the molecule is CCOC(=O)c1c(C2C(=O)c3ccccc3C2=O)c(-c2ccccc2)n(-c2ccc(C)cc2)c1C. The Morgan fingerprint density at radius 1 is 0.829 bits per heavy atom. The molecule has 1 aliphatic carbocycles. The Bertz CT molecular complexity index is 1430. The number of Topliss-reactive ketones (excluding diaryl/α,β-unsaturated/α-hetero) is 2. The molecule has 0 atom stereocenters. The first kappa shape index (κ1) is 22.5. The summed E-state index contributed by atoms with van der Waals surface area (Å²) in [4.78, 5) is 40.6. The summed E-state index contributed by atoms with van der Waals surface area (Å²) in [5.74, 6) is -2.25. The molecule has 35 heavy (non-hydrogen) atoms. The predicted octanol–water partition coefficient (Wildman–Crippen LogP) is 6.10. The van der Waals surface area contributed by atoms with Crippen LogP contribution in [0.1, 0.15) is 60.7 Å². The van der Waals surface area contributed by atoms with E-state index in [0.29, 0.717) is 28.1 Å². The van der Waals surface area contributed by atoms with E-state index in [4.69, 9.17) is 4.74 Å². The van der Waals surface area contributed by atoms with Crippen LogP contribution in [0.5, 0.6) is 0 Å². The van der Waals surface area contributed by atoms with Gasteiger partial charge in [-0.3, -0.25) is 9.59 Å². The number of rotatable bonds is 5. The first-order valence-corrected chi connectivity index (χ1v) is 11.7. The lowest BCUT2D eigenvalue weighted by molar-refractivity contribution is 0.0524. The van der Waals surface area contributed by atoms with Gasteiger partial charge in [-0.2, -0.15) is 0 Å². The Labute approximate surface area is 204 Å².